The SMILES string of the molecule is CCn1cnc2c1c(=O)n(CC(=O)N[C@@H]1CCC[C@H](C)[C@@H]1C)c(=O)n2Cc1ccccc1. The third-order valence-electron chi connectivity index (χ3n) is 6.86. The van der Waals surface area contributed by atoms with Crippen molar-refractivity contribution in [2.24, 2.45) is 11.8 Å². The maximum atomic E-state index is 13.3. The lowest BCUT2D eigenvalue weighted by Crippen LogP contribution is -2.48. The predicted octanol–water partition coefficient (Wildman–Crippen LogP) is 2.37. The molecule has 0 saturated heterocycles. The molecule has 1 aliphatic rings. The molecule has 8 heteroatoms. The Balaban J connectivity index is 1.71. The molecule has 1 amide bonds. The fourth-order valence-corrected chi connectivity index (χ4v) is 4.71. The van der Waals surface area contributed by atoms with Crippen molar-refractivity contribution < 1.29 is 4.79 Å². The second-order valence-corrected chi connectivity index (χ2v) is 8.89. The zero-order chi connectivity index (χ0) is 22.8. The quantitative estimate of drug-likeness (QED) is 0.641. The molecule has 0 radical (unpaired) electrons. The number of nitrogens with zero attached hydrogens (tertiary/aromatic N) is 4. The summed E-state index contributed by atoms with van der Waals surface area (Å²) >= 11 is 0. The maximum Gasteiger partial charge on any atom is 0.333 e. The zero-order valence-corrected chi connectivity index (χ0v) is 19.0. The third kappa shape index (κ3) is 4.13. The molecule has 0 aliphatic heterocycles. The summed E-state index contributed by atoms with van der Waals surface area (Å²) < 4.78 is 4.25. The molecule has 2 heterocycles. The number of carbonyl (C=O) groups excluding carboxylic acids is 1. The van der Waals surface area contributed by atoms with Gasteiger partial charge in [0.1, 0.15) is 6.54 Å². The highest BCUT2D eigenvalue weighted by atomic mass is 16.2. The van der Waals surface area contributed by atoms with Crippen molar-refractivity contribution in [3.8, 4) is 0 Å². The van der Waals surface area contributed by atoms with Gasteiger partial charge in [-0.25, -0.2) is 14.3 Å². The number of carbonyl (C=O) groups is 1. The standard InChI is InChI=1S/C24H31N5O3/c1-4-27-15-25-22-21(27)23(31)29(24(32)28(22)13-18-10-6-5-7-11-18)14-20(30)26-19-12-8-9-16(2)17(19)3/h5-7,10-11,15-17,19H,4,8-9,12-14H2,1-3H3,(H,26,30)/t16-,17-,19+/m0/s1. The Morgan fingerprint density at radius 1 is 1.12 bits per heavy atom. The Labute approximate surface area is 186 Å². The minimum atomic E-state index is -0.520. The summed E-state index contributed by atoms with van der Waals surface area (Å²) in [5, 5.41) is 3.07. The van der Waals surface area contributed by atoms with E-state index in [2.05, 4.69) is 24.1 Å². The van der Waals surface area contributed by atoms with Gasteiger partial charge in [0.2, 0.25) is 5.91 Å². The normalized spacial score (nSPS) is 21.0. The number of rotatable bonds is 6. The minimum absolute atomic E-state index is 0.0680. The third-order valence-corrected chi connectivity index (χ3v) is 6.86. The molecule has 1 N–H and O–H groups in total. The van der Waals surface area contributed by atoms with Crippen LogP contribution in [0.4, 0.5) is 0 Å². The van der Waals surface area contributed by atoms with Crippen LogP contribution in [0, 0.1) is 11.8 Å². The largest absolute Gasteiger partial charge is 0.352 e. The van der Waals surface area contributed by atoms with Crippen molar-refractivity contribution in [2.75, 3.05) is 0 Å². The summed E-state index contributed by atoms with van der Waals surface area (Å²) in [6.07, 6.45) is 4.73. The van der Waals surface area contributed by atoms with Gasteiger partial charge in [-0.3, -0.25) is 14.2 Å². The first kappa shape index (κ1) is 22.0. The predicted molar refractivity (Wildman–Crippen MR) is 124 cm³/mol. The summed E-state index contributed by atoms with van der Waals surface area (Å²) in [5.41, 5.74) is 0.607. The maximum absolute atomic E-state index is 13.3. The molecule has 3 atom stereocenters. The van der Waals surface area contributed by atoms with E-state index in [0.29, 0.717) is 29.5 Å². The van der Waals surface area contributed by atoms with Crippen molar-refractivity contribution in [1.82, 2.24) is 24.0 Å². The van der Waals surface area contributed by atoms with E-state index in [0.717, 1.165) is 29.4 Å². The van der Waals surface area contributed by atoms with Crippen molar-refractivity contribution in [1.29, 1.82) is 0 Å². The van der Waals surface area contributed by atoms with Crippen molar-refractivity contribution >= 4 is 17.1 Å². The summed E-state index contributed by atoms with van der Waals surface area (Å²) in [5.74, 6) is 0.599. The van der Waals surface area contributed by atoms with Crippen LogP contribution in [0.1, 0.15) is 45.6 Å². The second kappa shape index (κ2) is 9.14. The number of imidazole rings is 1. The van der Waals surface area contributed by atoms with Crippen LogP contribution in [-0.2, 0) is 24.4 Å². The van der Waals surface area contributed by atoms with Gasteiger partial charge in [0.25, 0.3) is 5.56 Å². The Bertz CT molecular complexity index is 1220. The molecule has 1 aromatic carbocycles. The highest BCUT2D eigenvalue weighted by Crippen LogP contribution is 2.29. The summed E-state index contributed by atoms with van der Waals surface area (Å²) in [6.45, 7) is 6.79. The number of benzene rings is 1. The van der Waals surface area contributed by atoms with E-state index in [1.807, 2.05) is 37.3 Å². The second-order valence-electron chi connectivity index (χ2n) is 8.89. The molecule has 2 aromatic heterocycles. The van der Waals surface area contributed by atoms with Gasteiger partial charge in [0, 0.05) is 12.6 Å². The highest BCUT2D eigenvalue weighted by molar-refractivity contribution is 5.77. The number of aromatic nitrogens is 4. The smallest absolute Gasteiger partial charge is 0.333 e. The molecule has 0 unspecified atom stereocenters. The molecule has 1 fully saturated rings. The van der Waals surface area contributed by atoms with Crippen molar-refractivity contribution in [3.63, 3.8) is 0 Å². The lowest BCUT2D eigenvalue weighted by atomic mass is 9.78. The van der Waals surface area contributed by atoms with Crippen molar-refractivity contribution in [2.45, 2.75) is 65.7 Å². The Hall–Kier alpha value is -3.16. The molecule has 0 bridgehead atoms. The van der Waals surface area contributed by atoms with Gasteiger partial charge in [-0.1, -0.05) is 57.0 Å². The van der Waals surface area contributed by atoms with E-state index in [4.69, 9.17) is 0 Å². The van der Waals surface area contributed by atoms with Gasteiger partial charge in [-0.05, 0) is 30.7 Å². The molecule has 0 spiro atoms. The summed E-state index contributed by atoms with van der Waals surface area (Å²) in [4.78, 5) is 43.8. The summed E-state index contributed by atoms with van der Waals surface area (Å²) in [7, 11) is 0. The van der Waals surface area contributed by atoms with Crippen LogP contribution < -0.4 is 16.6 Å². The fraction of sp³-hybridized carbons (Fsp3) is 0.500. The van der Waals surface area contributed by atoms with Gasteiger partial charge in [0.15, 0.2) is 11.2 Å². The molecule has 1 aliphatic carbocycles. The first-order chi connectivity index (χ1) is 15.4. The van der Waals surface area contributed by atoms with E-state index in [-0.39, 0.29) is 25.0 Å². The Morgan fingerprint density at radius 2 is 1.88 bits per heavy atom. The van der Waals surface area contributed by atoms with Crippen LogP contribution >= 0.6 is 0 Å². The lowest BCUT2D eigenvalue weighted by Gasteiger charge is -2.34. The van der Waals surface area contributed by atoms with Crippen LogP contribution in [-0.4, -0.2) is 30.6 Å². The molecule has 170 valence electrons. The fourth-order valence-electron chi connectivity index (χ4n) is 4.71. The lowest BCUT2D eigenvalue weighted by molar-refractivity contribution is -0.123. The average molecular weight is 438 g/mol. The molecule has 32 heavy (non-hydrogen) atoms. The van der Waals surface area contributed by atoms with E-state index in [1.54, 1.807) is 10.9 Å². The molecular formula is C24H31N5O3. The van der Waals surface area contributed by atoms with E-state index < -0.39 is 11.2 Å². The van der Waals surface area contributed by atoms with Crippen molar-refractivity contribution in [3.05, 3.63) is 63.1 Å². The van der Waals surface area contributed by atoms with Gasteiger partial charge in [-0.15, -0.1) is 0 Å². The Morgan fingerprint density at radius 3 is 2.59 bits per heavy atom. The average Bonchev–Trinajstić information content (AvgIpc) is 3.22. The summed E-state index contributed by atoms with van der Waals surface area (Å²) in [6, 6.07) is 9.62. The first-order valence-electron chi connectivity index (χ1n) is 11.4. The van der Waals surface area contributed by atoms with E-state index in [1.165, 1.54) is 4.57 Å². The van der Waals surface area contributed by atoms with Crippen LogP contribution in [0.15, 0.2) is 46.2 Å². The molecule has 8 nitrogen and oxygen atoms in total. The molecule has 1 saturated carbocycles. The van der Waals surface area contributed by atoms with Gasteiger partial charge >= 0.3 is 5.69 Å². The van der Waals surface area contributed by atoms with Crippen LogP contribution in [0.3, 0.4) is 0 Å². The highest BCUT2D eigenvalue weighted by Gasteiger charge is 2.28. The number of amides is 1. The molecular weight excluding hydrogens is 406 g/mol. The van der Waals surface area contributed by atoms with Gasteiger partial charge in [0.05, 0.1) is 12.9 Å². The van der Waals surface area contributed by atoms with Crippen LogP contribution in [0.25, 0.3) is 11.2 Å². The molecule has 3 aromatic rings. The van der Waals surface area contributed by atoms with Gasteiger partial charge in [-0.2, -0.15) is 0 Å². The number of fused-ring (bicyclic) bond motifs is 1. The van der Waals surface area contributed by atoms with Crippen LogP contribution in [0.2, 0.25) is 0 Å². The van der Waals surface area contributed by atoms with Gasteiger partial charge < -0.3 is 9.88 Å². The number of aryl methyl sites for hydroxylation is 1. The zero-order valence-electron chi connectivity index (χ0n) is 19.0. The number of nitrogens with one attached hydrogen (secondary N) is 1. The number of hydrogen-bond acceptors (Lipinski definition) is 4. The number of hydrogen-bond donors (Lipinski definition) is 1. The molecule has 4 rings (SSSR count). The van der Waals surface area contributed by atoms with Crippen LogP contribution in [0.5, 0.6) is 0 Å². The minimum Gasteiger partial charge on any atom is -0.352 e. The monoisotopic (exact) mass is 437 g/mol. The van der Waals surface area contributed by atoms with E-state index in [9.17, 15) is 14.4 Å². The first-order valence-corrected chi connectivity index (χ1v) is 11.4. The topological polar surface area (TPSA) is 90.9 Å². The van der Waals surface area contributed by atoms with E-state index >= 15 is 0 Å². The Kier molecular flexibility index (Phi) is 6.30.